The van der Waals surface area contributed by atoms with Crippen LogP contribution in [-0.4, -0.2) is 36.0 Å². The highest BCUT2D eigenvalue weighted by atomic mass is 16.1. The number of hydrogen-bond donors (Lipinski definition) is 2. The molecule has 1 heterocycles. The van der Waals surface area contributed by atoms with Crippen LogP contribution >= 0.6 is 0 Å². The van der Waals surface area contributed by atoms with Crippen molar-refractivity contribution in [1.29, 1.82) is 0 Å². The normalized spacial score (nSPS) is 11.7. The van der Waals surface area contributed by atoms with Crippen molar-refractivity contribution in [3.05, 3.63) is 47.7 Å². The minimum Gasteiger partial charge on any atom is -0.363 e. The van der Waals surface area contributed by atoms with Crippen LogP contribution in [0.1, 0.15) is 36.2 Å². The first-order valence-corrected chi connectivity index (χ1v) is 8.13. The number of amides is 1. The van der Waals surface area contributed by atoms with E-state index < -0.39 is 0 Å². The fraction of sp³-hybridized carbons (Fsp3) is 0.389. The van der Waals surface area contributed by atoms with Gasteiger partial charge in [-0.2, -0.15) is 4.98 Å². The minimum atomic E-state index is -0.0444. The Hall–Kier alpha value is -2.63. The number of nitrogens with one attached hydrogen (secondary N) is 2. The van der Waals surface area contributed by atoms with Crippen LogP contribution in [0, 0.1) is 0 Å². The lowest BCUT2D eigenvalue weighted by Crippen LogP contribution is -2.31. The maximum atomic E-state index is 12.2. The van der Waals surface area contributed by atoms with E-state index in [4.69, 9.17) is 0 Å². The van der Waals surface area contributed by atoms with Gasteiger partial charge >= 0.3 is 0 Å². The molecule has 2 aromatic rings. The van der Waals surface area contributed by atoms with Gasteiger partial charge in [-0.3, -0.25) is 4.79 Å². The van der Waals surface area contributed by atoms with Gasteiger partial charge < -0.3 is 15.5 Å². The van der Waals surface area contributed by atoms with Crippen molar-refractivity contribution in [3.8, 4) is 0 Å². The lowest BCUT2D eigenvalue weighted by molar-refractivity contribution is 0.0939. The second-order valence-corrected chi connectivity index (χ2v) is 5.97. The number of rotatable bonds is 7. The molecule has 0 aliphatic rings. The number of benzene rings is 1. The van der Waals surface area contributed by atoms with Crippen LogP contribution in [0.5, 0.6) is 0 Å². The molecule has 0 saturated carbocycles. The van der Waals surface area contributed by atoms with E-state index in [1.807, 2.05) is 63.2 Å². The number of hydrogen-bond acceptors (Lipinski definition) is 5. The summed E-state index contributed by atoms with van der Waals surface area (Å²) in [5.41, 5.74) is 1.67. The van der Waals surface area contributed by atoms with Crippen LogP contribution in [-0.2, 0) is 6.54 Å². The average Bonchev–Trinajstić information content (AvgIpc) is 2.60. The Labute approximate surface area is 143 Å². The molecule has 0 bridgehead atoms. The molecule has 1 amide bonds. The highest BCUT2D eigenvalue weighted by molar-refractivity contribution is 5.94. The van der Waals surface area contributed by atoms with Gasteiger partial charge in [-0.25, -0.2) is 4.98 Å². The molecule has 2 N–H and O–H groups in total. The third-order valence-corrected chi connectivity index (χ3v) is 3.73. The van der Waals surface area contributed by atoms with Gasteiger partial charge in [0, 0.05) is 38.4 Å². The van der Waals surface area contributed by atoms with Crippen LogP contribution in [0.2, 0.25) is 0 Å². The molecule has 1 aromatic heterocycles. The van der Waals surface area contributed by atoms with Gasteiger partial charge in [-0.05, 0) is 37.1 Å². The van der Waals surface area contributed by atoms with Crippen LogP contribution in [0.25, 0.3) is 0 Å². The predicted octanol–water partition coefficient (Wildman–Crippen LogP) is 2.68. The Balaban J connectivity index is 2.02. The Bertz CT molecular complexity index is 687. The second-order valence-electron chi connectivity index (χ2n) is 5.97. The van der Waals surface area contributed by atoms with Crippen LogP contribution in [0.15, 0.2) is 36.5 Å². The van der Waals surface area contributed by atoms with Crippen LogP contribution in [0.3, 0.4) is 0 Å². The average molecular weight is 327 g/mol. The summed E-state index contributed by atoms with van der Waals surface area (Å²) in [6, 6.07) is 9.60. The predicted molar refractivity (Wildman–Crippen MR) is 97.3 cm³/mol. The Morgan fingerprint density at radius 2 is 2.08 bits per heavy atom. The van der Waals surface area contributed by atoms with Crippen molar-refractivity contribution in [1.82, 2.24) is 15.3 Å². The summed E-state index contributed by atoms with van der Waals surface area (Å²) in [5.74, 6) is 1.36. The van der Waals surface area contributed by atoms with Gasteiger partial charge in [0.1, 0.15) is 5.82 Å². The smallest absolute Gasteiger partial charge is 0.251 e. The lowest BCUT2D eigenvalue weighted by Gasteiger charge is -2.13. The fourth-order valence-corrected chi connectivity index (χ4v) is 2.10. The molecule has 1 aromatic carbocycles. The van der Waals surface area contributed by atoms with Gasteiger partial charge in [0.2, 0.25) is 5.95 Å². The number of aromatic nitrogens is 2. The molecule has 6 heteroatoms. The molecule has 0 aliphatic carbocycles. The molecule has 0 saturated heterocycles. The van der Waals surface area contributed by atoms with Crippen molar-refractivity contribution in [2.24, 2.45) is 0 Å². The molecule has 0 fully saturated rings. The first-order valence-electron chi connectivity index (χ1n) is 8.13. The van der Waals surface area contributed by atoms with Crippen molar-refractivity contribution < 1.29 is 4.79 Å². The summed E-state index contributed by atoms with van der Waals surface area (Å²) in [6.07, 6.45) is 2.63. The van der Waals surface area contributed by atoms with Crippen LogP contribution < -0.4 is 15.5 Å². The van der Waals surface area contributed by atoms with E-state index in [2.05, 4.69) is 20.6 Å². The summed E-state index contributed by atoms with van der Waals surface area (Å²) in [7, 11) is 3.87. The van der Waals surface area contributed by atoms with Crippen molar-refractivity contribution in [2.75, 3.05) is 24.3 Å². The van der Waals surface area contributed by atoms with E-state index in [9.17, 15) is 4.79 Å². The third kappa shape index (κ3) is 4.94. The Kier molecular flexibility index (Phi) is 6.12. The first kappa shape index (κ1) is 17.7. The molecule has 24 heavy (non-hydrogen) atoms. The second kappa shape index (κ2) is 8.29. The zero-order valence-electron chi connectivity index (χ0n) is 14.7. The van der Waals surface area contributed by atoms with Crippen molar-refractivity contribution in [2.45, 2.75) is 32.9 Å². The van der Waals surface area contributed by atoms with Gasteiger partial charge in [-0.15, -0.1) is 0 Å². The highest BCUT2D eigenvalue weighted by Gasteiger charge is 2.09. The maximum Gasteiger partial charge on any atom is 0.251 e. The maximum absolute atomic E-state index is 12.2. The zero-order valence-corrected chi connectivity index (χ0v) is 14.7. The monoisotopic (exact) mass is 327 g/mol. The quantitative estimate of drug-likeness (QED) is 0.818. The number of nitrogens with zero attached hydrogens (tertiary/aromatic N) is 3. The number of anilines is 2. The molecule has 6 nitrogen and oxygen atoms in total. The van der Waals surface area contributed by atoms with E-state index in [1.165, 1.54) is 0 Å². The summed E-state index contributed by atoms with van der Waals surface area (Å²) in [5, 5.41) is 6.17. The Morgan fingerprint density at radius 3 is 2.79 bits per heavy atom. The third-order valence-electron chi connectivity index (χ3n) is 3.73. The molecule has 0 spiro atoms. The lowest BCUT2D eigenvalue weighted by atomic mass is 10.1. The molecular formula is C18H25N5O. The summed E-state index contributed by atoms with van der Waals surface area (Å²) in [6.45, 7) is 4.60. The van der Waals surface area contributed by atoms with Crippen molar-refractivity contribution in [3.63, 3.8) is 0 Å². The van der Waals surface area contributed by atoms with Gasteiger partial charge in [0.25, 0.3) is 5.91 Å². The molecular weight excluding hydrogens is 302 g/mol. The molecule has 128 valence electrons. The highest BCUT2D eigenvalue weighted by Crippen LogP contribution is 2.11. The topological polar surface area (TPSA) is 70.2 Å². The van der Waals surface area contributed by atoms with E-state index in [0.717, 1.165) is 17.8 Å². The van der Waals surface area contributed by atoms with Gasteiger partial charge in [0.15, 0.2) is 0 Å². The van der Waals surface area contributed by atoms with E-state index in [0.29, 0.717) is 18.1 Å². The fourth-order valence-electron chi connectivity index (χ4n) is 2.10. The molecule has 0 unspecified atom stereocenters. The molecule has 0 radical (unpaired) electrons. The van der Waals surface area contributed by atoms with E-state index in [-0.39, 0.29) is 11.9 Å². The SMILES string of the molecule is CC[C@@H](C)NC(=O)c1cccc(CNc2nccc(N(C)C)n2)c1. The van der Waals surface area contributed by atoms with Crippen LogP contribution in [0.4, 0.5) is 11.8 Å². The molecule has 2 rings (SSSR count). The Morgan fingerprint density at radius 1 is 1.29 bits per heavy atom. The standard InChI is InChI=1S/C18H25N5O/c1-5-13(2)21-17(24)15-8-6-7-14(11-15)12-20-18-19-10-9-16(22-18)23(3)4/h6-11,13H,5,12H2,1-4H3,(H,21,24)(H,19,20,22)/t13-/m1/s1. The van der Waals surface area contributed by atoms with Gasteiger partial charge in [-0.1, -0.05) is 19.1 Å². The van der Waals surface area contributed by atoms with E-state index in [1.54, 1.807) is 6.20 Å². The van der Waals surface area contributed by atoms with E-state index >= 15 is 0 Å². The summed E-state index contributed by atoms with van der Waals surface area (Å²) < 4.78 is 0. The largest absolute Gasteiger partial charge is 0.363 e. The number of carbonyl (C=O) groups excluding carboxylic acids is 1. The first-order chi connectivity index (χ1) is 11.5. The summed E-state index contributed by atoms with van der Waals surface area (Å²) in [4.78, 5) is 22.8. The molecule has 1 atom stereocenters. The van der Waals surface area contributed by atoms with Crippen molar-refractivity contribution >= 4 is 17.7 Å². The minimum absolute atomic E-state index is 0.0444. The molecule has 0 aliphatic heterocycles. The number of carbonyl (C=O) groups is 1. The zero-order chi connectivity index (χ0) is 17.5. The summed E-state index contributed by atoms with van der Waals surface area (Å²) >= 11 is 0. The van der Waals surface area contributed by atoms with Gasteiger partial charge in [0.05, 0.1) is 0 Å².